The quantitative estimate of drug-likeness (QED) is 0.578. The van der Waals surface area contributed by atoms with Gasteiger partial charge in [0.1, 0.15) is 6.61 Å². The maximum atomic E-state index is 12.5. The molecule has 1 atom stereocenters. The van der Waals surface area contributed by atoms with Gasteiger partial charge >= 0.3 is 5.97 Å². The molecule has 0 radical (unpaired) electrons. The molecule has 27 heavy (non-hydrogen) atoms. The zero-order valence-corrected chi connectivity index (χ0v) is 15.6. The highest BCUT2D eigenvalue weighted by molar-refractivity contribution is 5.99. The zero-order chi connectivity index (χ0) is 19.0. The second-order valence-electron chi connectivity index (χ2n) is 7.20. The van der Waals surface area contributed by atoms with Gasteiger partial charge in [-0.3, -0.25) is 9.59 Å². The van der Waals surface area contributed by atoms with Crippen LogP contribution in [0.25, 0.3) is 0 Å². The van der Waals surface area contributed by atoms with Crippen LogP contribution in [0.2, 0.25) is 0 Å². The van der Waals surface area contributed by atoms with Crippen molar-refractivity contribution in [3.05, 3.63) is 47.3 Å². The number of hydrogen-bond donors (Lipinski definition) is 0. The molecule has 4 rings (SSSR count). The molecule has 1 aromatic carbocycles. The number of fused-ring (bicyclic) bond motifs is 1. The minimum atomic E-state index is -0.261. The average molecular weight is 369 g/mol. The number of carbonyl (C=O) groups excluding carboxylic acids is 2. The van der Waals surface area contributed by atoms with Crippen LogP contribution < -0.4 is 9.47 Å². The summed E-state index contributed by atoms with van der Waals surface area (Å²) >= 11 is 0. The van der Waals surface area contributed by atoms with E-state index in [1.54, 1.807) is 0 Å². The molecule has 142 valence electrons. The predicted octanol–water partition coefficient (Wildman–Crippen LogP) is 3.08. The van der Waals surface area contributed by atoms with E-state index in [0.29, 0.717) is 18.7 Å². The third kappa shape index (κ3) is 3.70. The first-order valence-electron chi connectivity index (χ1n) is 9.28. The Bertz CT molecular complexity index is 881. The normalized spacial score (nSPS) is 18.2. The van der Waals surface area contributed by atoms with E-state index in [1.165, 1.54) is 0 Å². The summed E-state index contributed by atoms with van der Waals surface area (Å²) in [5.41, 5.74) is 2.41. The topological polar surface area (TPSA) is 66.8 Å². The molecule has 1 aliphatic heterocycles. The monoisotopic (exact) mass is 369 g/mol. The van der Waals surface area contributed by atoms with Gasteiger partial charge in [-0.15, -0.1) is 0 Å². The lowest BCUT2D eigenvalue weighted by Crippen LogP contribution is -2.33. The van der Waals surface area contributed by atoms with E-state index in [2.05, 4.69) is 4.57 Å². The van der Waals surface area contributed by atoms with E-state index in [4.69, 9.17) is 14.2 Å². The van der Waals surface area contributed by atoms with Gasteiger partial charge in [0.2, 0.25) is 5.78 Å². The van der Waals surface area contributed by atoms with Crippen molar-refractivity contribution in [2.24, 2.45) is 5.92 Å². The first-order chi connectivity index (χ1) is 13.0. The number of rotatable bonds is 6. The number of benzene rings is 1. The standard InChI is InChI=1S/C21H23NO5/c1-13-9-17(18(23)12-26-21(24)15-7-8-15)14(2)22(13)10-16-11-25-19-5-3-4-6-20(19)27-16/h3-6,9,15-16H,7-8,10-12H2,1-2H3/t16-/m1/s1. The molecule has 2 heterocycles. The van der Waals surface area contributed by atoms with Gasteiger partial charge in [0, 0.05) is 17.0 Å². The fraction of sp³-hybridized carbons (Fsp3) is 0.429. The largest absolute Gasteiger partial charge is 0.486 e. The van der Waals surface area contributed by atoms with E-state index >= 15 is 0 Å². The van der Waals surface area contributed by atoms with Crippen LogP contribution in [0.1, 0.15) is 34.6 Å². The minimum Gasteiger partial charge on any atom is -0.486 e. The first-order valence-corrected chi connectivity index (χ1v) is 9.28. The van der Waals surface area contributed by atoms with Crippen LogP contribution in [0, 0.1) is 19.8 Å². The second-order valence-corrected chi connectivity index (χ2v) is 7.20. The summed E-state index contributed by atoms with van der Waals surface area (Å²) in [6.45, 7) is 4.70. The number of para-hydroxylation sites is 2. The van der Waals surface area contributed by atoms with E-state index < -0.39 is 0 Å². The molecule has 6 nitrogen and oxygen atoms in total. The summed E-state index contributed by atoms with van der Waals surface area (Å²) in [5, 5.41) is 0. The summed E-state index contributed by atoms with van der Waals surface area (Å²) in [6, 6.07) is 9.45. The molecule has 1 aromatic heterocycles. The van der Waals surface area contributed by atoms with E-state index in [0.717, 1.165) is 35.7 Å². The molecular weight excluding hydrogens is 346 g/mol. The van der Waals surface area contributed by atoms with Crippen LogP contribution in [0.15, 0.2) is 30.3 Å². The van der Waals surface area contributed by atoms with Crippen LogP contribution in [0.3, 0.4) is 0 Å². The maximum Gasteiger partial charge on any atom is 0.309 e. The van der Waals surface area contributed by atoms with Gasteiger partial charge in [-0.1, -0.05) is 12.1 Å². The van der Waals surface area contributed by atoms with Gasteiger partial charge in [0.05, 0.1) is 12.5 Å². The smallest absolute Gasteiger partial charge is 0.309 e. The summed E-state index contributed by atoms with van der Waals surface area (Å²) in [5.74, 6) is 1.05. The lowest BCUT2D eigenvalue weighted by atomic mass is 10.1. The summed E-state index contributed by atoms with van der Waals surface area (Å²) < 4.78 is 19.0. The van der Waals surface area contributed by atoms with Gasteiger partial charge in [0.15, 0.2) is 24.2 Å². The van der Waals surface area contributed by atoms with Crippen molar-refractivity contribution in [2.45, 2.75) is 39.3 Å². The summed E-state index contributed by atoms with van der Waals surface area (Å²) in [6.07, 6.45) is 1.60. The van der Waals surface area contributed by atoms with Crippen molar-refractivity contribution in [1.82, 2.24) is 4.57 Å². The van der Waals surface area contributed by atoms with Crippen molar-refractivity contribution < 1.29 is 23.8 Å². The van der Waals surface area contributed by atoms with Crippen molar-refractivity contribution in [3.63, 3.8) is 0 Å². The van der Waals surface area contributed by atoms with Crippen molar-refractivity contribution in [1.29, 1.82) is 0 Å². The molecule has 1 saturated carbocycles. The Morgan fingerprint density at radius 1 is 1.19 bits per heavy atom. The van der Waals surface area contributed by atoms with Gasteiger partial charge < -0.3 is 18.8 Å². The number of aromatic nitrogens is 1. The third-order valence-electron chi connectivity index (χ3n) is 5.08. The van der Waals surface area contributed by atoms with Gasteiger partial charge in [-0.05, 0) is 44.9 Å². The van der Waals surface area contributed by atoms with Crippen LogP contribution in [0.4, 0.5) is 0 Å². The van der Waals surface area contributed by atoms with E-state index in [1.807, 2.05) is 44.2 Å². The molecule has 0 unspecified atom stereocenters. The minimum absolute atomic E-state index is 0.00319. The number of ketones is 1. The van der Waals surface area contributed by atoms with Crippen molar-refractivity contribution in [3.8, 4) is 11.5 Å². The van der Waals surface area contributed by atoms with Crippen LogP contribution in [-0.2, 0) is 16.1 Å². The van der Waals surface area contributed by atoms with Crippen LogP contribution in [0.5, 0.6) is 11.5 Å². The molecule has 2 aromatic rings. The van der Waals surface area contributed by atoms with Crippen molar-refractivity contribution in [2.75, 3.05) is 13.2 Å². The number of esters is 1. The molecule has 0 N–H and O–H groups in total. The first kappa shape index (κ1) is 17.6. The van der Waals surface area contributed by atoms with E-state index in [-0.39, 0.29) is 30.4 Å². The highest BCUT2D eigenvalue weighted by Crippen LogP contribution is 2.32. The highest BCUT2D eigenvalue weighted by Gasteiger charge is 2.32. The maximum absolute atomic E-state index is 12.5. The molecule has 6 heteroatoms. The fourth-order valence-electron chi connectivity index (χ4n) is 3.37. The molecule has 0 amide bonds. The van der Waals surface area contributed by atoms with Gasteiger partial charge in [-0.2, -0.15) is 0 Å². The molecule has 1 aliphatic carbocycles. The fourth-order valence-corrected chi connectivity index (χ4v) is 3.37. The Morgan fingerprint density at radius 3 is 2.67 bits per heavy atom. The Kier molecular flexibility index (Phi) is 4.64. The van der Waals surface area contributed by atoms with Gasteiger partial charge in [-0.25, -0.2) is 0 Å². The number of Topliss-reactive ketones (excluding diaryl/α,β-unsaturated/α-hetero) is 1. The number of ether oxygens (including phenoxy) is 3. The second kappa shape index (κ2) is 7.10. The van der Waals surface area contributed by atoms with Crippen LogP contribution in [-0.4, -0.2) is 35.6 Å². The predicted molar refractivity (Wildman–Crippen MR) is 98.3 cm³/mol. The molecule has 1 fully saturated rings. The molecule has 0 spiro atoms. The average Bonchev–Trinajstić information content (AvgIpc) is 3.48. The number of aryl methyl sites for hydroxylation is 1. The molecular formula is C21H23NO5. The Labute approximate surface area is 158 Å². The van der Waals surface area contributed by atoms with Gasteiger partial charge in [0.25, 0.3) is 0 Å². The van der Waals surface area contributed by atoms with Crippen LogP contribution >= 0.6 is 0 Å². The third-order valence-corrected chi connectivity index (χ3v) is 5.08. The molecule has 2 aliphatic rings. The van der Waals surface area contributed by atoms with E-state index in [9.17, 15) is 9.59 Å². The number of carbonyl (C=O) groups is 2. The summed E-state index contributed by atoms with van der Waals surface area (Å²) in [4.78, 5) is 24.1. The lowest BCUT2D eigenvalue weighted by Gasteiger charge is -2.27. The number of hydrogen-bond acceptors (Lipinski definition) is 5. The van der Waals surface area contributed by atoms with Crippen molar-refractivity contribution >= 4 is 11.8 Å². The number of nitrogens with zero attached hydrogens (tertiary/aromatic N) is 1. The SMILES string of the molecule is Cc1cc(C(=O)COC(=O)C2CC2)c(C)n1C[C@@H]1COc2ccccc2O1. The molecule has 0 bridgehead atoms. The Balaban J connectivity index is 1.43. The summed E-state index contributed by atoms with van der Waals surface area (Å²) in [7, 11) is 0. The Morgan fingerprint density at radius 2 is 1.93 bits per heavy atom. The Hall–Kier alpha value is -2.76. The zero-order valence-electron chi connectivity index (χ0n) is 15.6. The molecule has 0 saturated heterocycles. The lowest BCUT2D eigenvalue weighted by molar-refractivity contribution is -0.144. The highest BCUT2D eigenvalue weighted by atomic mass is 16.6.